The van der Waals surface area contributed by atoms with Gasteiger partial charge < -0.3 is 9.84 Å². The number of hydrogen-bond donors (Lipinski definition) is 2. The average Bonchev–Trinajstić information content (AvgIpc) is 2.80. The van der Waals surface area contributed by atoms with Gasteiger partial charge in [0.25, 0.3) is 0 Å². The van der Waals surface area contributed by atoms with Crippen LogP contribution in [0.5, 0.6) is 0 Å². The summed E-state index contributed by atoms with van der Waals surface area (Å²) in [6.45, 7) is 6.38. The summed E-state index contributed by atoms with van der Waals surface area (Å²) < 4.78 is 5.07. The van der Waals surface area contributed by atoms with Gasteiger partial charge in [-0.15, -0.1) is 0 Å². The molecule has 0 saturated heterocycles. The highest BCUT2D eigenvalue weighted by Gasteiger charge is 2.49. The van der Waals surface area contributed by atoms with Gasteiger partial charge in [0.2, 0.25) is 0 Å². The minimum absolute atomic E-state index is 0.117. The van der Waals surface area contributed by atoms with Crippen molar-refractivity contribution in [2.75, 3.05) is 19.5 Å². The van der Waals surface area contributed by atoms with Crippen LogP contribution in [0.25, 0.3) is 0 Å². The molecule has 118 valence electrons. The molecule has 0 aromatic heterocycles. The zero-order valence-corrected chi connectivity index (χ0v) is 14.0. The van der Waals surface area contributed by atoms with Gasteiger partial charge in [-0.25, -0.2) is 0 Å². The van der Waals surface area contributed by atoms with E-state index in [1.165, 1.54) is 7.11 Å². The number of thioether (sulfide) groups is 1. The quantitative estimate of drug-likeness (QED) is 0.673. The Bertz CT molecular complexity index is 311. The monoisotopic (exact) mass is 303 g/mol. The Morgan fingerprint density at radius 2 is 2.20 bits per heavy atom. The first-order valence-electron chi connectivity index (χ1n) is 7.54. The molecular formula is C15H29NO3S. The Morgan fingerprint density at radius 1 is 1.50 bits per heavy atom. The Morgan fingerprint density at radius 3 is 2.75 bits per heavy atom. The maximum atomic E-state index is 12.3. The molecule has 0 aliphatic heterocycles. The number of esters is 1. The lowest BCUT2D eigenvalue weighted by atomic mass is 9.84. The molecule has 1 fully saturated rings. The number of aliphatic hydroxyl groups is 1. The second-order valence-corrected chi connectivity index (χ2v) is 7.55. The van der Waals surface area contributed by atoms with Crippen LogP contribution < -0.4 is 5.32 Å². The second-order valence-electron chi connectivity index (χ2n) is 6.00. The van der Waals surface area contributed by atoms with Crippen LogP contribution in [-0.2, 0) is 9.53 Å². The van der Waals surface area contributed by atoms with Crippen molar-refractivity contribution in [2.45, 2.75) is 63.3 Å². The number of rotatable bonds is 8. The number of methoxy groups -OCH3 is 1. The van der Waals surface area contributed by atoms with E-state index in [1.54, 1.807) is 11.8 Å². The van der Waals surface area contributed by atoms with Crippen LogP contribution in [0.1, 0.15) is 46.5 Å². The number of carbonyl (C=O) groups is 1. The highest BCUT2D eigenvalue weighted by molar-refractivity contribution is 7.99. The Labute approximate surface area is 127 Å². The molecule has 1 saturated carbocycles. The van der Waals surface area contributed by atoms with Crippen LogP contribution in [0.3, 0.4) is 0 Å². The molecule has 0 amide bonds. The summed E-state index contributed by atoms with van der Waals surface area (Å²) in [5.41, 5.74) is -0.508. The van der Waals surface area contributed by atoms with Gasteiger partial charge in [0.15, 0.2) is 0 Å². The Balaban J connectivity index is 2.68. The van der Waals surface area contributed by atoms with Crippen molar-refractivity contribution in [3.63, 3.8) is 0 Å². The van der Waals surface area contributed by atoms with Crippen molar-refractivity contribution in [3.8, 4) is 0 Å². The molecule has 2 N–H and O–H groups in total. The minimum Gasteiger partial charge on any atom is -0.468 e. The summed E-state index contributed by atoms with van der Waals surface area (Å²) in [6.07, 6.45) is 4.00. The first kappa shape index (κ1) is 17.8. The zero-order valence-electron chi connectivity index (χ0n) is 13.1. The molecule has 0 aromatic rings. The smallest absolute Gasteiger partial charge is 0.326 e. The lowest BCUT2D eigenvalue weighted by molar-refractivity contribution is -0.150. The molecule has 3 unspecified atom stereocenters. The topological polar surface area (TPSA) is 58.6 Å². The first-order chi connectivity index (χ1) is 9.46. The van der Waals surface area contributed by atoms with Crippen molar-refractivity contribution in [1.29, 1.82) is 0 Å². The summed E-state index contributed by atoms with van der Waals surface area (Å²) in [6, 6.07) is 0.263. The molecule has 0 heterocycles. The molecule has 0 radical (unpaired) electrons. The van der Waals surface area contributed by atoms with E-state index >= 15 is 0 Å². The largest absolute Gasteiger partial charge is 0.468 e. The molecule has 5 heteroatoms. The molecule has 0 spiro atoms. The molecule has 0 aromatic carbocycles. The summed E-state index contributed by atoms with van der Waals surface area (Å²) in [7, 11) is 1.48. The van der Waals surface area contributed by atoms with Crippen LogP contribution >= 0.6 is 11.8 Å². The Kier molecular flexibility index (Phi) is 7.34. The molecule has 4 nitrogen and oxygen atoms in total. The number of hydrogen-bond acceptors (Lipinski definition) is 5. The van der Waals surface area contributed by atoms with Crippen molar-refractivity contribution < 1.29 is 14.6 Å². The third-order valence-corrected chi connectivity index (χ3v) is 5.23. The predicted molar refractivity (Wildman–Crippen MR) is 84.0 cm³/mol. The van der Waals surface area contributed by atoms with E-state index in [4.69, 9.17) is 9.84 Å². The van der Waals surface area contributed by atoms with Gasteiger partial charge >= 0.3 is 5.97 Å². The van der Waals surface area contributed by atoms with Crippen molar-refractivity contribution in [1.82, 2.24) is 5.32 Å². The van der Waals surface area contributed by atoms with Crippen molar-refractivity contribution in [2.24, 2.45) is 5.92 Å². The number of nitrogens with one attached hydrogen (secondary N) is 1. The lowest BCUT2D eigenvalue weighted by Gasteiger charge is -2.35. The normalized spacial score (nSPS) is 27.8. The van der Waals surface area contributed by atoms with E-state index in [1.807, 2.05) is 6.92 Å². The highest BCUT2D eigenvalue weighted by Crippen LogP contribution is 2.40. The number of carbonyl (C=O) groups excluding carboxylic acids is 1. The fourth-order valence-corrected chi connectivity index (χ4v) is 4.08. The van der Waals surface area contributed by atoms with Crippen molar-refractivity contribution >= 4 is 17.7 Å². The molecule has 1 aliphatic rings. The maximum absolute atomic E-state index is 12.3. The average molecular weight is 303 g/mol. The summed E-state index contributed by atoms with van der Waals surface area (Å²) >= 11 is 1.77. The van der Waals surface area contributed by atoms with E-state index in [0.29, 0.717) is 5.92 Å². The van der Waals surface area contributed by atoms with Gasteiger partial charge in [0, 0.05) is 11.3 Å². The fourth-order valence-electron chi connectivity index (χ4n) is 3.15. The van der Waals surface area contributed by atoms with Gasteiger partial charge in [-0.3, -0.25) is 10.1 Å². The zero-order chi connectivity index (χ0) is 15.2. The number of aliphatic hydroxyl groups excluding tert-OH is 1. The number of ether oxygens (including phenoxy) is 1. The molecule has 0 bridgehead atoms. The third kappa shape index (κ3) is 4.37. The standard InChI is InChI=1S/C15H29NO3S/c1-11(2)16-15(14(18)19-4)8-5-6-13(15)7-9-20-12(3)10-17/h11-13,16-17H,5-10H2,1-4H3. The van der Waals surface area contributed by atoms with E-state index in [0.717, 1.165) is 31.4 Å². The first-order valence-corrected chi connectivity index (χ1v) is 8.59. The molecule has 1 rings (SSSR count). The molecule has 3 atom stereocenters. The second kappa shape index (κ2) is 8.25. The van der Waals surface area contributed by atoms with Gasteiger partial charge in [-0.1, -0.05) is 13.3 Å². The van der Waals surface area contributed by atoms with E-state index < -0.39 is 5.54 Å². The molecular weight excluding hydrogens is 274 g/mol. The van der Waals surface area contributed by atoms with E-state index in [2.05, 4.69) is 19.2 Å². The summed E-state index contributed by atoms with van der Waals surface area (Å²) in [5, 5.41) is 12.8. The van der Waals surface area contributed by atoms with Crippen LogP contribution in [0.2, 0.25) is 0 Å². The van der Waals surface area contributed by atoms with Crippen molar-refractivity contribution in [3.05, 3.63) is 0 Å². The minimum atomic E-state index is -0.508. The van der Waals surface area contributed by atoms with E-state index in [-0.39, 0.29) is 23.9 Å². The predicted octanol–water partition coefficient (Wildman–Crippen LogP) is 2.20. The summed E-state index contributed by atoms with van der Waals surface area (Å²) in [5.74, 6) is 1.19. The Hall–Kier alpha value is -0.260. The van der Waals surface area contributed by atoms with E-state index in [9.17, 15) is 4.79 Å². The molecule has 1 aliphatic carbocycles. The van der Waals surface area contributed by atoms with Gasteiger partial charge in [0.05, 0.1) is 13.7 Å². The van der Waals surface area contributed by atoms with Gasteiger partial charge in [-0.05, 0) is 44.8 Å². The van der Waals surface area contributed by atoms with Gasteiger partial charge in [0.1, 0.15) is 5.54 Å². The molecule has 20 heavy (non-hydrogen) atoms. The van der Waals surface area contributed by atoms with Crippen LogP contribution in [0, 0.1) is 5.92 Å². The van der Waals surface area contributed by atoms with Crippen LogP contribution in [-0.4, -0.2) is 47.4 Å². The van der Waals surface area contributed by atoms with Crippen LogP contribution in [0.15, 0.2) is 0 Å². The van der Waals surface area contributed by atoms with Crippen LogP contribution in [0.4, 0.5) is 0 Å². The lowest BCUT2D eigenvalue weighted by Crippen LogP contribution is -2.57. The SMILES string of the molecule is COC(=O)C1(NC(C)C)CCCC1CCSC(C)CO. The van der Waals surface area contributed by atoms with Gasteiger partial charge in [-0.2, -0.15) is 11.8 Å². The highest BCUT2D eigenvalue weighted by atomic mass is 32.2. The maximum Gasteiger partial charge on any atom is 0.326 e. The summed E-state index contributed by atoms with van der Waals surface area (Å²) in [4.78, 5) is 12.3. The fraction of sp³-hybridized carbons (Fsp3) is 0.933. The third-order valence-electron chi connectivity index (χ3n) is 4.04.